The molecule has 0 spiro atoms. The van der Waals surface area contributed by atoms with Crippen LogP contribution in [0.25, 0.3) is 10.2 Å². The highest BCUT2D eigenvalue weighted by molar-refractivity contribution is 7.18. The molecule has 0 amide bonds. The highest BCUT2D eigenvalue weighted by Gasteiger charge is 2.20. The van der Waals surface area contributed by atoms with E-state index in [0.717, 1.165) is 34.6 Å². The van der Waals surface area contributed by atoms with Gasteiger partial charge in [-0.05, 0) is 31.2 Å². The molecule has 1 aliphatic rings. The molecule has 0 unspecified atom stereocenters. The van der Waals surface area contributed by atoms with E-state index in [1.165, 1.54) is 23.3 Å². The first-order chi connectivity index (χ1) is 10.7. The molecule has 5 heteroatoms. The molecular weight excluding hydrogens is 294 g/mol. The number of aromatic amines is 1. The predicted molar refractivity (Wildman–Crippen MR) is 87.4 cm³/mol. The fourth-order valence-electron chi connectivity index (χ4n) is 3.18. The van der Waals surface area contributed by atoms with Crippen LogP contribution in [0.1, 0.15) is 34.8 Å². The number of thiophene rings is 1. The van der Waals surface area contributed by atoms with Crippen molar-refractivity contribution in [3.8, 4) is 0 Å². The van der Waals surface area contributed by atoms with Crippen LogP contribution >= 0.6 is 11.3 Å². The average molecular weight is 312 g/mol. The Hall–Kier alpha value is -2.01. The quantitative estimate of drug-likeness (QED) is 0.739. The number of aryl methyl sites for hydroxylation is 3. The lowest BCUT2D eigenvalue weighted by molar-refractivity contribution is -0.695. The van der Waals surface area contributed by atoms with Gasteiger partial charge in [-0.15, -0.1) is 11.3 Å². The first-order valence-electron chi connectivity index (χ1n) is 7.71. The van der Waals surface area contributed by atoms with Gasteiger partial charge in [0.15, 0.2) is 17.7 Å². The highest BCUT2D eigenvalue weighted by Crippen LogP contribution is 2.33. The van der Waals surface area contributed by atoms with Gasteiger partial charge < -0.3 is 4.98 Å². The molecule has 0 radical (unpaired) electrons. The van der Waals surface area contributed by atoms with Crippen molar-refractivity contribution in [2.24, 2.45) is 0 Å². The van der Waals surface area contributed by atoms with Crippen molar-refractivity contribution in [2.75, 3.05) is 0 Å². The van der Waals surface area contributed by atoms with Crippen molar-refractivity contribution in [1.82, 2.24) is 9.97 Å². The van der Waals surface area contributed by atoms with Crippen molar-refractivity contribution in [3.05, 3.63) is 56.7 Å². The smallest absolute Gasteiger partial charge is 0.260 e. The van der Waals surface area contributed by atoms with Gasteiger partial charge >= 0.3 is 0 Å². The number of nitrogens with zero attached hydrogens (tertiary/aromatic N) is 2. The van der Waals surface area contributed by atoms with E-state index in [2.05, 4.69) is 22.5 Å². The number of hydrogen-bond donors (Lipinski definition) is 1. The van der Waals surface area contributed by atoms with E-state index >= 15 is 0 Å². The Labute approximate surface area is 132 Å². The number of H-pyrrole nitrogens is 1. The second-order valence-electron chi connectivity index (χ2n) is 5.87. The molecule has 112 valence electrons. The minimum Gasteiger partial charge on any atom is -0.305 e. The average Bonchev–Trinajstić information content (AvgIpc) is 2.88. The summed E-state index contributed by atoms with van der Waals surface area (Å²) in [6.07, 6.45) is 6.53. The van der Waals surface area contributed by atoms with E-state index in [0.29, 0.717) is 6.54 Å². The van der Waals surface area contributed by atoms with Gasteiger partial charge in [-0.3, -0.25) is 4.79 Å². The van der Waals surface area contributed by atoms with Crippen molar-refractivity contribution in [2.45, 2.75) is 39.2 Å². The number of nitrogens with one attached hydrogen (secondary N) is 1. The maximum absolute atomic E-state index is 12.5. The molecule has 1 N–H and O–H groups in total. The number of aromatic nitrogens is 3. The lowest BCUT2D eigenvalue weighted by Gasteiger charge is -2.09. The van der Waals surface area contributed by atoms with Crippen LogP contribution in [0.3, 0.4) is 0 Å². The van der Waals surface area contributed by atoms with Crippen LogP contribution in [0.5, 0.6) is 0 Å². The van der Waals surface area contributed by atoms with Crippen molar-refractivity contribution >= 4 is 21.6 Å². The van der Waals surface area contributed by atoms with Crippen LogP contribution < -0.4 is 10.1 Å². The Morgan fingerprint density at radius 1 is 1.32 bits per heavy atom. The van der Waals surface area contributed by atoms with Gasteiger partial charge in [0.05, 0.1) is 5.39 Å². The molecule has 4 rings (SSSR count). The fraction of sp³-hybridized carbons (Fsp3) is 0.353. The predicted octanol–water partition coefficient (Wildman–Crippen LogP) is 2.51. The molecule has 1 aliphatic carbocycles. The molecule has 0 fully saturated rings. The molecule has 3 aromatic rings. The summed E-state index contributed by atoms with van der Waals surface area (Å²) in [5.41, 5.74) is 2.42. The van der Waals surface area contributed by atoms with Gasteiger partial charge in [0.2, 0.25) is 6.54 Å². The second kappa shape index (κ2) is 5.32. The summed E-state index contributed by atoms with van der Waals surface area (Å²) < 4.78 is 2.09. The fourth-order valence-corrected chi connectivity index (χ4v) is 4.46. The molecule has 0 bridgehead atoms. The maximum atomic E-state index is 12.5. The Balaban J connectivity index is 1.81. The van der Waals surface area contributed by atoms with E-state index in [9.17, 15) is 4.79 Å². The third-order valence-corrected chi connectivity index (χ3v) is 5.55. The Morgan fingerprint density at radius 3 is 3.05 bits per heavy atom. The molecule has 0 aliphatic heterocycles. The van der Waals surface area contributed by atoms with Crippen LogP contribution in [0.4, 0.5) is 0 Å². The maximum Gasteiger partial charge on any atom is 0.260 e. The van der Waals surface area contributed by atoms with Gasteiger partial charge in [0.1, 0.15) is 4.83 Å². The Morgan fingerprint density at radius 2 is 2.18 bits per heavy atom. The number of rotatable bonds is 2. The summed E-state index contributed by atoms with van der Waals surface area (Å²) in [5, 5.41) is 0.832. The molecule has 0 saturated carbocycles. The van der Waals surface area contributed by atoms with E-state index in [1.54, 1.807) is 11.3 Å². The lowest BCUT2D eigenvalue weighted by Crippen LogP contribution is -2.38. The zero-order valence-electron chi connectivity index (χ0n) is 12.6. The van der Waals surface area contributed by atoms with E-state index in [1.807, 2.05) is 18.3 Å². The van der Waals surface area contributed by atoms with Crippen LogP contribution in [0, 0.1) is 6.92 Å². The Bertz CT molecular complexity index is 910. The minimum atomic E-state index is 0.0218. The van der Waals surface area contributed by atoms with Crippen molar-refractivity contribution < 1.29 is 4.57 Å². The van der Waals surface area contributed by atoms with Gasteiger partial charge in [-0.1, -0.05) is 6.07 Å². The SMILES string of the molecule is Cc1cccc[n+]1Cc1nc2sc3c(c2c(=O)[nH]1)CCCC3. The molecule has 0 saturated heterocycles. The summed E-state index contributed by atoms with van der Waals surface area (Å²) in [6, 6.07) is 6.06. The van der Waals surface area contributed by atoms with Crippen LogP contribution in [-0.2, 0) is 19.4 Å². The third kappa shape index (κ3) is 2.25. The van der Waals surface area contributed by atoms with Crippen LogP contribution in [0.2, 0.25) is 0 Å². The molecule has 3 aromatic heterocycles. The number of fused-ring (bicyclic) bond motifs is 3. The van der Waals surface area contributed by atoms with E-state index in [-0.39, 0.29) is 5.56 Å². The van der Waals surface area contributed by atoms with E-state index < -0.39 is 0 Å². The monoisotopic (exact) mass is 312 g/mol. The van der Waals surface area contributed by atoms with E-state index in [4.69, 9.17) is 4.98 Å². The molecule has 0 aromatic carbocycles. The van der Waals surface area contributed by atoms with Gasteiger partial charge in [0, 0.05) is 23.9 Å². The topological polar surface area (TPSA) is 49.6 Å². The van der Waals surface area contributed by atoms with Crippen molar-refractivity contribution in [3.63, 3.8) is 0 Å². The van der Waals surface area contributed by atoms with Gasteiger partial charge in [-0.25, -0.2) is 4.98 Å². The minimum absolute atomic E-state index is 0.0218. The third-order valence-electron chi connectivity index (χ3n) is 4.36. The largest absolute Gasteiger partial charge is 0.305 e. The zero-order chi connectivity index (χ0) is 15.1. The molecular formula is C17H18N3OS+. The molecule has 4 nitrogen and oxygen atoms in total. The summed E-state index contributed by atoms with van der Waals surface area (Å²) in [7, 11) is 0. The van der Waals surface area contributed by atoms with Crippen LogP contribution in [0.15, 0.2) is 29.2 Å². The summed E-state index contributed by atoms with van der Waals surface area (Å²) >= 11 is 1.70. The normalized spacial score (nSPS) is 14.2. The molecule has 3 heterocycles. The lowest BCUT2D eigenvalue weighted by atomic mass is 9.97. The van der Waals surface area contributed by atoms with Crippen LogP contribution in [-0.4, -0.2) is 9.97 Å². The zero-order valence-corrected chi connectivity index (χ0v) is 13.4. The Kier molecular flexibility index (Phi) is 3.30. The van der Waals surface area contributed by atoms with Crippen molar-refractivity contribution in [1.29, 1.82) is 0 Å². The van der Waals surface area contributed by atoms with Gasteiger partial charge in [-0.2, -0.15) is 4.57 Å². The molecule has 0 atom stereocenters. The first kappa shape index (κ1) is 13.6. The molecule has 22 heavy (non-hydrogen) atoms. The summed E-state index contributed by atoms with van der Waals surface area (Å²) in [6.45, 7) is 2.65. The number of hydrogen-bond acceptors (Lipinski definition) is 3. The first-order valence-corrected chi connectivity index (χ1v) is 8.52. The van der Waals surface area contributed by atoms with Gasteiger partial charge in [0.25, 0.3) is 5.56 Å². The summed E-state index contributed by atoms with van der Waals surface area (Å²) in [5.74, 6) is 0.732. The standard InChI is InChI=1S/C17H17N3OS/c1-11-6-4-5-9-20(11)10-14-18-16(21)15-12-7-2-3-8-13(12)22-17(15)19-14/h4-6,9H,2-3,7-8,10H2,1H3/p+1. The summed E-state index contributed by atoms with van der Waals surface area (Å²) in [4.78, 5) is 22.5. The number of pyridine rings is 1. The second-order valence-corrected chi connectivity index (χ2v) is 6.96. The highest BCUT2D eigenvalue weighted by atomic mass is 32.1.